The van der Waals surface area contributed by atoms with Crippen LogP contribution in [0, 0.1) is 0 Å². The van der Waals surface area contributed by atoms with Gasteiger partial charge in [-0.2, -0.15) is 0 Å². The zero-order valence-corrected chi connectivity index (χ0v) is 12.6. The Morgan fingerprint density at radius 1 is 1.04 bits per heavy atom. The van der Waals surface area contributed by atoms with Crippen molar-refractivity contribution in [1.82, 2.24) is 0 Å². The first-order valence-electron chi connectivity index (χ1n) is 6.82. The normalized spacial score (nSPS) is 10.5. The molecule has 0 saturated carbocycles. The van der Waals surface area contributed by atoms with Crippen LogP contribution >= 0.6 is 0 Å². The van der Waals surface area contributed by atoms with Gasteiger partial charge in [-0.1, -0.05) is 29.4 Å². The third-order valence-electron chi connectivity index (χ3n) is 3.08. The number of primary amides is 1. The number of oxime groups is 1. The fraction of sp³-hybridized carbons (Fsp3) is 0.118. The van der Waals surface area contributed by atoms with E-state index in [2.05, 4.69) is 9.89 Å². The molecule has 118 valence electrons. The fourth-order valence-electron chi connectivity index (χ4n) is 1.80. The van der Waals surface area contributed by atoms with E-state index >= 15 is 0 Å². The molecule has 0 radical (unpaired) electrons. The van der Waals surface area contributed by atoms with Gasteiger partial charge in [-0.25, -0.2) is 4.79 Å². The van der Waals surface area contributed by atoms with Crippen LogP contribution in [0.3, 0.4) is 0 Å². The average molecular weight is 312 g/mol. The topological polar surface area (TPSA) is 91.0 Å². The first kappa shape index (κ1) is 16.2. The largest absolute Gasteiger partial charge is 0.465 e. The van der Waals surface area contributed by atoms with Gasteiger partial charge in [-0.15, -0.1) is 0 Å². The molecule has 2 rings (SSSR count). The minimum absolute atomic E-state index is 0.274. The number of hydrogen-bond acceptors (Lipinski definition) is 5. The van der Waals surface area contributed by atoms with E-state index in [0.29, 0.717) is 11.1 Å². The van der Waals surface area contributed by atoms with Gasteiger partial charge in [0.25, 0.3) is 0 Å². The van der Waals surface area contributed by atoms with E-state index < -0.39 is 5.91 Å². The highest BCUT2D eigenvalue weighted by Gasteiger charge is 2.03. The van der Waals surface area contributed by atoms with Gasteiger partial charge in [0.15, 0.2) is 0 Å². The Kier molecular flexibility index (Phi) is 5.46. The Balaban J connectivity index is 1.86. The van der Waals surface area contributed by atoms with Gasteiger partial charge >= 0.3 is 5.97 Å². The standard InChI is InChI=1S/C17H16N2O4/c1-22-17(21)15-8-2-12(3-9-15)10-19-23-11-13-4-6-14(7-5-13)16(18)20/h2-10H,11H2,1H3,(H2,18,20). The van der Waals surface area contributed by atoms with E-state index in [1.165, 1.54) is 7.11 Å². The lowest BCUT2D eigenvalue weighted by molar-refractivity contribution is 0.0600. The Morgan fingerprint density at radius 2 is 1.65 bits per heavy atom. The SMILES string of the molecule is COC(=O)c1ccc(C=NOCc2ccc(C(N)=O)cc2)cc1. The van der Waals surface area contributed by atoms with Gasteiger partial charge < -0.3 is 15.3 Å². The second-order valence-corrected chi connectivity index (χ2v) is 4.68. The lowest BCUT2D eigenvalue weighted by Gasteiger charge is -2.01. The summed E-state index contributed by atoms with van der Waals surface area (Å²) in [6.07, 6.45) is 1.54. The van der Waals surface area contributed by atoms with E-state index in [9.17, 15) is 9.59 Å². The van der Waals surface area contributed by atoms with Gasteiger partial charge in [0, 0.05) is 5.56 Å². The number of rotatable bonds is 6. The van der Waals surface area contributed by atoms with Gasteiger partial charge in [-0.05, 0) is 35.4 Å². The maximum absolute atomic E-state index is 11.3. The minimum atomic E-state index is -0.467. The number of nitrogens with two attached hydrogens (primary N) is 1. The highest BCUT2D eigenvalue weighted by molar-refractivity contribution is 5.92. The van der Waals surface area contributed by atoms with Gasteiger partial charge in [-0.3, -0.25) is 4.79 Å². The second-order valence-electron chi connectivity index (χ2n) is 4.68. The number of esters is 1. The van der Waals surface area contributed by atoms with Crippen molar-refractivity contribution < 1.29 is 19.2 Å². The van der Waals surface area contributed by atoms with Crippen molar-refractivity contribution in [3.8, 4) is 0 Å². The maximum Gasteiger partial charge on any atom is 0.337 e. The van der Waals surface area contributed by atoms with Crippen molar-refractivity contribution in [1.29, 1.82) is 0 Å². The molecule has 2 aromatic carbocycles. The van der Waals surface area contributed by atoms with Crippen LogP contribution in [-0.4, -0.2) is 25.2 Å². The second kappa shape index (κ2) is 7.74. The molecule has 0 aromatic heterocycles. The number of carbonyl (C=O) groups is 2. The molecule has 0 bridgehead atoms. The molecule has 0 heterocycles. The molecule has 0 spiro atoms. The monoisotopic (exact) mass is 312 g/mol. The molecule has 0 saturated heterocycles. The maximum atomic E-state index is 11.3. The van der Waals surface area contributed by atoms with Crippen molar-refractivity contribution in [3.05, 3.63) is 70.8 Å². The first-order valence-corrected chi connectivity index (χ1v) is 6.82. The number of carbonyl (C=O) groups excluding carboxylic acids is 2. The molecule has 0 aliphatic carbocycles. The summed E-state index contributed by atoms with van der Waals surface area (Å²) in [5, 5.41) is 3.86. The van der Waals surface area contributed by atoms with Crippen LogP contribution in [0.25, 0.3) is 0 Å². The molecule has 0 aliphatic rings. The summed E-state index contributed by atoms with van der Waals surface area (Å²) in [7, 11) is 1.33. The molecule has 0 fully saturated rings. The molecule has 0 unspecified atom stereocenters. The Hall–Kier alpha value is -3.15. The number of methoxy groups -OCH3 is 1. The van der Waals surface area contributed by atoms with E-state index in [0.717, 1.165) is 11.1 Å². The molecular formula is C17H16N2O4. The summed E-state index contributed by atoms with van der Waals surface area (Å²) in [4.78, 5) is 27.4. The summed E-state index contributed by atoms with van der Waals surface area (Å²) in [6, 6.07) is 13.5. The van der Waals surface area contributed by atoms with E-state index in [-0.39, 0.29) is 12.6 Å². The predicted molar refractivity (Wildman–Crippen MR) is 85.1 cm³/mol. The zero-order chi connectivity index (χ0) is 16.7. The number of nitrogens with zero attached hydrogens (tertiary/aromatic N) is 1. The quantitative estimate of drug-likeness (QED) is 0.502. The third-order valence-corrected chi connectivity index (χ3v) is 3.08. The van der Waals surface area contributed by atoms with Crippen LogP contribution in [-0.2, 0) is 16.2 Å². The lowest BCUT2D eigenvalue weighted by atomic mass is 10.1. The van der Waals surface area contributed by atoms with Gasteiger partial charge in [0.2, 0.25) is 5.91 Å². The first-order chi connectivity index (χ1) is 11.1. The molecule has 1 amide bonds. The summed E-state index contributed by atoms with van der Waals surface area (Å²) < 4.78 is 4.62. The van der Waals surface area contributed by atoms with Crippen LogP contribution in [0.2, 0.25) is 0 Å². The Labute approximate surface area is 133 Å². The summed E-state index contributed by atoms with van der Waals surface area (Å²) in [5.41, 5.74) is 7.75. The van der Waals surface area contributed by atoms with Crippen LogP contribution in [0.5, 0.6) is 0 Å². The summed E-state index contributed by atoms with van der Waals surface area (Å²) in [6.45, 7) is 0.274. The van der Waals surface area contributed by atoms with E-state index in [1.54, 1.807) is 54.7 Å². The molecular weight excluding hydrogens is 296 g/mol. The van der Waals surface area contributed by atoms with Crippen molar-refractivity contribution in [2.75, 3.05) is 7.11 Å². The van der Waals surface area contributed by atoms with Crippen molar-refractivity contribution >= 4 is 18.1 Å². The van der Waals surface area contributed by atoms with Gasteiger partial charge in [0.1, 0.15) is 6.61 Å². The molecule has 0 aliphatic heterocycles. The zero-order valence-electron chi connectivity index (χ0n) is 12.6. The molecule has 2 aromatic rings. The highest BCUT2D eigenvalue weighted by atomic mass is 16.6. The van der Waals surface area contributed by atoms with E-state index in [4.69, 9.17) is 10.6 Å². The minimum Gasteiger partial charge on any atom is -0.465 e. The number of ether oxygens (including phenoxy) is 1. The van der Waals surface area contributed by atoms with E-state index in [1.807, 2.05) is 0 Å². The Morgan fingerprint density at radius 3 is 2.22 bits per heavy atom. The van der Waals surface area contributed by atoms with Gasteiger partial charge in [0.05, 0.1) is 18.9 Å². The average Bonchev–Trinajstić information content (AvgIpc) is 2.59. The third kappa shape index (κ3) is 4.67. The van der Waals surface area contributed by atoms with Crippen LogP contribution < -0.4 is 5.73 Å². The van der Waals surface area contributed by atoms with Crippen LogP contribution in [0.1, 0.15) is 31.8 Å². The summed E-state index contributed by atoms with van der Waals surface area (Å²) in [5.74, 6) is -0.852. The molecule has 6 heteroatoms. The van der Waals surface area contributed by atoms with Crippen molar-refractivity contribution in [2.45, 2.75) is 6.61 Å². The molecule has 0 atom stereocenters. The number of amides is 1. The Bertz CT molecular complexity index is 706. The van der Waals surface area contributed by atoms with Crippen molar-refractivity contribution in [2.24, 2.45) is 10.9 Å². The summed E-state index contributed by atoms with van der Waals surface area (Å²) >= 11 is 0. The fourth-order valence-corrected chi connectivity index (χ4v) is 1.80. The number of hydrogen-bond donors (Lipinski definition) is 1. The predicted octanol–water partition coefficient (Wildman–Crippen LogP) is 2.12. The lowest BCUT2D eigenvalue weighted by Crippen LogP contribution is -2.10. The number of benzene rings is 2. The highest BCUT2D eigenvalue weighted by Crippen LogP contribution is 2.06. The van der Waals surface area contributed by atoms with Crippen molar-refractivity contribution in [3.63, 3.8) is 0 Å². The molecule has 23 heavy (non-hydrogen) atoms. The van der Waals surface area contributed by atoms with Crippen LogP contribution in [0.15, 0.2) is 53.7 Å². The molecule has 2 N–H and O–H groups in total. The molecule has 6 nitrogen and oxygen atoms in total. The smallest absolute Gasteiger partial charge is 0.337 e. The van der Waals surface area contributed by atoms with Crippen LogP contribution in [0.4, 0.5) is 0 Å².